The SMILES string of the molecule is CCCn1ncnc1CC(=O)Cc1cccc(F)c1F. The maximum atomic E-state index is 13.5. The molecule has 106 valence electrons. The monoisotopic (exact) mass is 279 g/mol. The van der Waals surface area contributed by atoms with Crippen LogP contribution < -0.4 is 0 Å². The summed E-state index contributed by atoms with van der Waals surface area (Å²) >= 11 is 0. The standard InChI is InChI=1S/C14H15F2N3O/c1-2-6-19-13(17-9-18-19)8-11(20)7-10-4-3-5-12(15)14(10)16/h3-5,9H,2,6-8H2,1H3. The van der Waals surface area contributed by atoms with Crippen LogP contribution >= 0.6 is 0 Å². The fraction of sp³-hybridized carbons (Fsp3) is 0.357. The minimum atomic E-state index is -0.962. The van der Waals surface area contributed by atoms with E-state index in [1.165, 1.54) is 18.5 Å². The molecule has 0 atom stereocenters. The Morgan fingerprint density at radius 1 is 1.30 bits per heavy atom. The van der Waals surface area contributed by atoms with E-state index in [0.717, 1.165) is 12.5 Å². The van der Waals surface area contributed by atoms with Gasteiger partial charge in [0.2, 0.25) is 0 Å². The van der Waals surface area contributed by atoms with Crippen LogP contribution in [0, 0.1) is 11.6 Å². The molecule has 0 fully saturated rings. The molecule has 0 aliphatic heterocycles. The third kappa shape index (κ3) is 3.26. The molecule has 0 aliphatic carbocycles. The van der Waals surface area contributed by atoms with Crippen molar-refractivity contribution in [2.24, 2.45) is 0 Å². The Bertz CT molecular complexity index is 610. The fourth-order valence-corrected chi connectivity index (χ4v) is 1.96. The number of hydrogen-bond donors (Lipinski definition) is 0. The molecule has 0 amide bonds. The fourth-order valence-electron chi connectivity index (χ4n) is 1.96. The zero-order valence-electron chi connectivity index (χ0n) is 11.1. The molecule has 0 bridgehead atoms. The van der Waals surface area contributed by atoms with E-state index in [4.69, 9.17) is 0 Å². The number of aryl methyl sites for hydroxylation is 1. The molecule has 6 heteroatoms. The summed E-state index contributed by atoms with van der Waals surface area (Å²) in [4.78, 5) is 15.9. The van der Waals surface area contributed by atoms with E-state index in [1.54, 1.807) is 4.68 Å². The average molecular weight is 279 g/mol. The van der Waals surface area contributed by atoms with Crippen LogP contribution in [0.4, 0.5) is 8.78 Å². The molecule has 4 nitrogen and oxygen atoms in total. The van der Waals surface area contributed by atoms with Gasteiger partial charge in [-0.15, -0.1) is 0 Å². The number of carbonyl (C=O) groups is 1. The molecule has 0 N–H and O–H groups in total. The first-order valence-electron chi connectivity index (χ1n) is 6.43. The number of aromatic nitrogens is 3. The number of carbonyl (C=O) groups excluding carboxylic acids is 1. The van der Waals surface area contributed by atoms with Crippen LogP contribution in [0.1, 0.15) is 24.7 Å². The molecule has 20 heavy (non-hydrogen) atoms. The van der Waals surface area contributed by atoms with Crippen LogP contribution in [0.25, 0.3) is 0 Å². The van der Waals surface area contributed by atoms with Crippen LogP contribution in [0.3, 0.4) is 0 Å². The molecule has 0 aliphatic rings. The predicted octanol–water partition coefficient (Wildman–Crippen LogP) is 2.32. The number of halogens is 2. The predicted molar refractivity (Wildman–Crippen MR) is 69.1 cm³/mol. The van der Waals surface area contributed by atoms with Gasteiger partial charge in [-0.25, -0.2) is 18.4 Å². The summed E-state index contributed by atoms with van der Waals surface area (Å²) in [5.41, 5.74) is 0.0663. The van der Waals surface area contributed by atoms with Crippen LogP contribution in [0.2, 0.25) is 0 Å². The molecule has 0 saturated heterocycles. The van der Waals surface area contributed by atoms with Crippen molar-refractivity contribution in [2.45, 2.75) is 32.7 Å². The van der Waals surface area contributed by atoms with Gasteiger partial charge in [0, 0.05) is 13.0 Å². The van der Waals surface area contributed by atoms with E-state index >= 15 is 0 Å². The number of Topliss-reactive ketones (excluding diaryl/α,β-unsaturated/α-hetero) is 1. The van der Waals surface area contributed by atoms with Gasteiger partial charge in [0.25, 0.3) is 0 Å². The Morgan fingerprint density at radius 2 is 2.10 bits per heavy atom. The zero-order valence-corrected chi connectivity index (χ0v) is 11.1. The molecule has 0 saturated carbocycles. The van der Waals surface area contributed by atoms with Crippen LogP contribution in [0.5, 0.6) is 0 Å². The summed E-state index contributed by atoms with van der Waals surface area (Å²) in [5, 5.41) is 4.02. The summed E-state index contributed by atoms with van der Waals surface area (Å²) in [5.74, 6) is -1.58. The summed E-state index contributed by atoms with van der Waals surface area (Å²) in [7, 11) is 0. The maximum Gasteiger partial charge on any atom is 0.162 e. The van der Waals surface area contributed by atoms with E-state index in [2.05, 4.69) is 10.1 Å². The average Bonchev–Trinajstić information content (AvgIpc) is 2.83. The second kappa shape index (κ2) is 6.36. The van der Waals surface area contributed by atoms with Crippen molar-refractivity contribution in [1.82, 2.24) is 14.8 Å². The molecule has 1 heterocycles. The second-order valence-corrected chi connectivity index (χ2v) is 4.50. The van der Waals surface area contributed by atoms with Crippen LogP contribution in [-0.4, -0.2) is 20.5 Å². The third-order valence-electron chi connectivity index (χ3n) is 2.91. The van der Waals surface area contributed by atoms with E-state index < -0.39 is 11.6 Å². The van der Waals surface area contributed by atoms with E-state index in [9.17, 15) is 13.6 Å². The smallest absolute Gasteiger partial charge is 0.162 e. The van der Waals surface area contributed by atoms with Gasteiger partial charge in [-0.05, 0) is 18.1 Å². The Balaban J connectivity index is 2.05. The molecule has 1 aromatic heterocycles. The van der Waals surface area contributed by atoms with E-state index in [1.807, 2.05) is 6.92 Å². The van der Waals surface area contributed by atoms with Crippen molar-refractivity contribution in [3.8, 4) is 0 Å². The largest absolute Gasteiger partial charge is 0.299 e. The van der Waals surface area contributed by atoms with Gasteiger partial charge in [-0.3, -0.25) is 4.79 Å². The highest BCUT2D eigenvalue weighted by molar-refractivity contribution is 5.82. The normalized spacial score (nSPS) is 10.8. The lowest BCUT2D eigenvalue weighted by atomic mass is 10.1. The topological polar surface area (TPSA) is 47.8 Å². The number of nitrogens with zero attached hydrogens (tertiary/aromatic N) is 3. The molecule has 2 aromatic rings. The number of ketones is 1. The number of benzene rings is 1. The first kappa shape index (κ1) is 14.3. The lowest BCUT2D eigenvalue weighted by molar-refractivity contribution is -0.118. The Hall–Kier alpha value is -2.11. The quantitative estimate of drug-likeness (QED) is 0.815. The number of rotatable bonds is 6. The van der Waals surface area contributed by atoms with Crippen molar-refractivity contribution in [3.63, 3.8) is 0 Å². The first-order valence-corrected chi connectivity index (χ1v) is 6.43. The summed E-state index contributed by atoms with van der Waals surface area (Å²) in [6.07, 6.45) is 2.18. The highest BCUT2D eigenvalue weighted by Crippen LogP contribution is 2.13. The van der Waals surface area contributed by atoms with Crippen molar-refractivity contribution in [3.05, 3.63) is 47.5 Å². The van der Waals surface area contributed by atoms with Gasteiger partial charge in [0.15, 0.2) is 11.6 Å². The summed E-state index contributed by atoms with van der Waals surface area (Å²) in [6.45, 7) is 2.67. The molecule has 1 aromatic carbocycles. The van der Waals surface area contributed by atoms with Crippen molar-refractivity contribution in [2.75, 3.05) is 0 Å². The van der Waals surface area contributed by atoms with Gasteiger partial charge in [-0.2, -0.15) is 5.10 Å². The van der Waals surface area contributed by atoms with Gasteiger partial charge in [0.05, 0.1) is 6.42 Å². The molecule has 0 unspecified atom stereocenters. The summed E-state index contributed by atoms with van der Waals surface area (Å²) < 4.78 is 28.2. The van der Waals surface area contributed by atoms with Gasteiger partial charge >= 0.3 is 0 Å². The Morgan fingerprint density at radius 3 is 2.85 bits per heavy atom. The minimum absolute atomic E-state index is 0.0654. The van der Waals surface area contributed by atoms with Crippen molar-refractivity contribution < 1.29 is 13.6 Å². The first-order chi connectivity index (χ1) is 9.61. The van der Waals surface area contributed by atoms with E-state index in [0.29, 0.717) is 12.4 Å². The highest BCUT2D eigenvalue weighted by atomic mass is 19.2. The lowest BCUT2D eigenvalue weighted by Gasteiger charge is -2.05. The Labute approximate surface area is 115 Å². The molecule has 0 spiro atoms. The molecule has 0 radical (unpaired) electrons. The van der Waals surface area contributed by atoms with Gasteiger partial charge < -0.3 is 0 Å². The van der Waals surface area contributed by atoms with Crippen molar-refractivity contribution in [1.29, 1.82) is 0 Å². The lowest BCUT2D eigenvalue weighted by Crippen LogP contribution is -2.14. The third-order valence-corrected chi connectivity index (χ3v) is 2.91. The summed E-state index contributed by atoms with van der Waals surface area (Å²) in [6, 6.07) is 3.83. The van der Waals surface area contributed by atoms with Gasteiger partial charge in [-0.1, -0.05) is 19.1 Å². The Kier molecular flexibility index (Phi) is 4.55. The minimum Gasteiger partial charge on any atom is -0.299 e. The van der Waals surface area contributed by atoms with Crippen molar-refractivity contribution >= 4 is 5.78 Å². The maximum absolute atomic E-state index is 13.5. The zero-order chi connectivity index (χ0) is 14.5. The van der Waals surface area contributed by atoms with Crippen LogP contribution in [0.15, 0.2) is 24.5 Å². The number of hydrogen-bond acceptors (Lipinski definition) is 3. The van der Waals surface area contributed by atoms with Gasteiger partial charge in [0.1, 0.15) is 17.9 Å². The van der Waals surface area contributed by atoms with E-state index in [-0.39, 0.29) is 24.2 Å². The second-order valence-electron chi connectivity index (χ2n) is 4.50. The van der Waals surface area contributed by atoms with Crippen LogP contribution in [-0.2, 0) is 24.2 Å². The molecular formula is C14H15F2N3O. The highest BCUT2D eigenvalue weighted by Gasteiger charge is 2.14. The molecular weight excluding hydrogens is 264 g/mol. The molecule has 2 rings (SSSR count).